The number of amidine groups is 1. The van der Waals surface area contributed by atoms with Crippen LogP contribution in [0.3, 0.4) is 0 Å². The lowest BCUT2D eigenvalue weighted by molar-refractivity contribution is -0.170. The molecule has 0 radical (unpaired) electrons. The van der Waals surface area contributed by atoms with Gasteiger partial charge in [-0.15, -0.1) is 0 Å². The number of hydrogen-bond donors (Lipinski definition) is 2. The molecular weight excluding hydrogens is 136 g/mol. The number of carbonyl (C=O) groups excluding carboxylic acids is 1. The quantitative estimate of drug-likeness (QED) is 0.218. The van der Waals surface area contributed by atoms with Gasteiger partial charge in [0, 0.05) is 0 Å². The van der Waals surface area contributed by atoms with E-state index in [1.54, 1.807) is 13.8 Å². The standard InChI is InChI=1S/C5H8N2O3/c1-5(2)3(6-9)7(10)4(5)8/h9-10H,1-2H3. The molecule has 0 saturated carbocycles. The summed E-state index contributed by atoms with van der Waals surface area (Å²) in [4.78, 5) is 10.7. The molecule has 0 aliphatic carbocycles. The molecule has 1 aliphatic heterocycles. The summed E-state index contributed by atoms with van der Waals surface area (Å²) in [5.41, 5.74) is -0.844. The molecular formula is C5H8N2O3. The van der Waals surface area contributed by atoms with Crippen molar-refractivity contribution in [2.24, 2.45) is 10.6 Å². The van der Waals surface area contributed by atoms with Gasteiger partial charge in [0.1, 0.15) is 5.41 Å². The second-order valence-corrected chi connectivity index (χ2v) is 2.67. The van der Waals surface area contributed by atoms with Gasteiger partial charge >= 0.3 is 0 Å². The number of rotatable bonds is 0. The SMILES string of the molecule is CC1(C)C(=O)N(O)C1=NO. The van der Waals surface area contributed by atoms with Gasteiger partial charge in [-0.1, -0.05) is 5.16 Å². The molecule has 1 heterocycles. The lowest BCUT2D eigenvalue weighted by Crippen LogP contribution is -2.61. The normalized spacial score (nSPS) is 26.9. The van der Waals surface area contributed by atoms with Gasteiger partial charge in [0.15, 0.2) is 5.84 Å². The van der Waals surface area contributed by atoms with E-state index in [1.807, 2.05) is 0 Å². The number of nitrogens with zero attached hydrogens (tertiary/aromatic N) is 2. The highest BCUT2D eigenvalue weighted by atomic mass is 16.5. The van der Waals surface area contributed by atoms with Crippen molar-refractivity contribution in [3.8, 4) is 0 Å². The molecule has 0 aromatic heterocycles. The van der Waals surface area contributed by atoms with E-state index in [1.165, 1.54) is 0 Å². The van der Waals surface area contributed by atoms with Crippen molar-refractivity contribution in [3.63, 3.8) is 0 Å². The number of oxime groups is 1. The maximum Gasteiger partial charge on any atom is 0.265 e. The van der Waals surface area contributed by atoms with Gasteiger partial charge in [-0.3, -0.25) is 10.0 Å². The van der Waals surface area contributed by atoms with Crippen LogP contribution in [0.4, 0.5) is 0 Å². The van der Waals surface area contributed by atoms with E-state index in [-0.39, 0.29) is 5.84 Å². The van der Waals surface area contributed by atoms with E-state index in [4.69, 9.17) is 10.4 Å². The third-order valence-electron chi connectivity index (χ3n) is 1.58. The Balaban J connectivity index is 2.92. The predicted molar refractivity (Wildman–Crippen MR) is 31.6 cm³/mol. The average molecular weight is 144 g/mol. The summed E-state index contributed by atoms with van der Waals surface area (Å²) in [6, 6.07) is 0. The van der Waals surface area contributed by atoms with Gasteiger partial charge in [0.25, 0.3) is 5.91 Å². The molecule has 1 saturated heterocycles. The number of hydroxylamine groups is 2. The molecule has 1 rings (SSSR count). The molecule has 0 spiro atoms. The second kappa shape index (κ2) is 1.69. The van der Waals surface area contributed by atoms with E-state index in [2.05, 4.69) is 5.16 Å². The van der Waals surface area contributed by atoms with Crippen LogP contribution in [-0.4, -0.2) is 27.2 Å². The first-order valence-corrected chi connectivity index (χ1v) is 2.77. The molecule has 5 heteroatoms. The topological polar surface area (TPSA) is 73.1 Å². The Bertz CT molecular complexity index is 209. The Morgan fingerprint density at radius 1 is 1.60 bits per heavy atom. The highest BCUT2D eigenvalue weighted by Crippen LogP contribution is 2.31. The molecule has 0 aromatic carbocycles. The zero-order chi connectivity index (χ0) is 7.94. The average Bonchev–Trinajstić information content (AvgIpc) is 1.88. The van der Waals surface area contributed by atoms with E-state index in [0.29, 0.717) is 5.06 Å². The Kier molecular flexibility index (Phi) is 1.19. The molecule has 0 atom stereocenters. The molecule has 1 fully saturated rings. The third kappa shape index (κ3) is 0.550. The summed E-state index contributed by atoms with van der Waals surface area (Å²) >= 11 is 0. The Morgan fingerprint density at radius 3 is 2.30 bits per heavy atom. The first kappa shape index (κ1) is 7.01. The minimum absolute atomic E-state index is 0.0162. The van der Waals surface area contributed by atoms with Gasteiger partial charge < -0.3 is 5.21 Å². The zero-order valence-corrected chi connectivity index (χ0v) is 5.70. The lowest BCUT2D eigenvalue weighted by atomic mass is 9.83. The monoisotopic (exact) mass is 144 g/mol. The summed E-state index contributed by atoms with van der Waals surface area (Å²) in [6.45, 7) is 3.13. The molecule has 10 heavy (non-hydrogen) atoms. The van der Waals surface area contributed by atoms with Gasteiger partial charge in [0.05, 0.1) is 0 Å². The molecule has 56 valence electrons. The van der Waals surface area contributed by atoms with Gasteiger partial charge in [-0.2, -0.15) is 5.06 Å². The van der Waals surface area contributed by atoms with Gasteiger partial charge in [-0.25, -0.2) is 0 Å². The fourth-order valence-electron chi connectivity index (χ4n) is 0.836. The summed E-state index contributed by atoms with van der Waals surface area (Å²) in [7, 11) is 0. The molecule has 5 nitrogen and oxygen atoms in total. The minimum Gasteiger partial charge on any atom is -0.409 e. The second-order valence-electron chi connectivity index (χ2n) is 2.67. The molecule has 0 unspecified atom stereocenters. The number of amides is 1. The third-order valence-corrected chi connectivity index (χ3v) is 1.58. The van der Waals surface area contributed by atoms with Crippen LogP contribution in [0.15, 0.2) is 5.16 Å². The first-order chi connectivity index (χ1) is 4.51. The summed E-state index contributed by atoms with van der Waals surface area (Å²) in [6.07, 6.45) is 0. The van der Waals surface area contributed by atoms with Crippen molar-refractivity contribution in [1.82, 2.24) is 5.06 Å². The molecule has 1 amide bonds. The fraction of sp³-hybridized carbons (Fsp3) is 0.600. The maximum atomic E-state index is 10.7. The van der Waals surface area contributed by atoms with E-state index < -0.39 is 11.3 Å². The Labute approximate surface area is 57.5 Å². The van der Waals surface area contributed by atoms with Crippen molar-refractivity contribution < 1.29 is 15.2 Å². The Hall–Kier alpha value is -1.10. The number of carbonyl (C=O) groups is 1. The first-order valence-electron chi connectivity index (χ1n) is 2.77. The molecule has 0 aromatic rings. The van der Waals surface area contributed by atoms with Gasteiger partial charge in [0.2, 0.25) is 0 Å². The van der Waals surface area contributed by atoms with E-state index in [9.17, 15) is 4.79 Å². The van der Waals surface area contributed by atoms with E-state index >= 15 is 0 Å². The van der Waals surface area contributed by atoms with Crippen LogP contribution in [0.1, 0.15) is 13.8 Å². The number of β-lactam (4-membered cyclic amide) rings is 1. The smallest absolute Gasteiger partial charge is 0.265 e. The lowest BCUT2D eigenvalue weighted by Gasteiger charge is -2.39. The van der Waals surface area contributed by atoms with Crippen molar-refractivity contribution in [2.75, 3.05) is 0 Å². The molecule has 0 bridgehead atoms. The van der Waals surface area contributed by atoms with Crippen LogP contribution in [0.5, 0.6) is 0 Å². The maximum absolute atomic E-state index is 10.7. The van der Waals surface area contributed by atoms with Gasteiger partial charge in [-0.05, 0) is 13.8 Å². The van der Waals surface area contributed by atoms with Crippen LogP contribution < -0.4 is 0 Å². The van der Waals surface area contributed by atoms with Crippen molar-refractivity contribution in [1.29, 1.82) is 0 Å². The van der Waals surface area contributed by atoms with Crippen molar-refractivity contribution in [3.05, 3.63) is 0 Å². The van der Waals surface area contributed by atoms with Crippen molar-refractivity contribution >= 4 is 11.7 Å². The largest absolute Gasteiger partial charge is 0.409 e. The van der Waals surface area contributed by atoms with Crippen LogP contribution in [0, 0.1) is 5.41 Å². The minimum atomic E-state index is -0.844. The summed E-state index contributed by atoms with van der Waals surface area (Å²) in [5, 5.41) is 20.0. The van der Waals surface area contributed by atoms with Crippen LogP contribution >= 0.6 is 0 Å². The van der Waals surface area contributed by atoms with Crippen LogP contribution in [0.2, 0.25) is 0 Å². The summed E-state index contributed by atoms with van der Waals surface area (Å²) in [5.74, 6) is -0.474. The molecule has 1 aliphatic rings. The van der Waals surface area contributed by atoms with E-state index in [0.717, 1.165) is 0 Å². The summed E-state index contributed by atoms with van der Waals surface area (Å²) < 4.78 is 0. The Morgan fingerprint density at radius 2 is 2.10 bits per heavy atom. The predicted octanol–water partition coefficient (Wildman–Crippen LogP) is 0.0317. The highest BCUT2D eigenvalue weighted by molar-refractivity contribution is 6.21. The zero-order valence-electron chi connectivity index (χ0n) is 5.70. The molecule has 2 N–H and O–H groups in total. The van der Waals surface area contributed by atoms with Crippen LogP contribution in [-0.2, 0) is 4.79 Å². The fourth-order valence-corrected chi connectivity index (χ4v) is 0.836. The van der Waals surface area contributed by atoms with Crippen molar-refractivity contribution in [2.45, 2.75) is 13.8 Å². The number of hydrogen-bond acceptors (Lipinski definition) is 4. The van der Waals surface area contributed by atoms with Crippen LogP contribution in [0.25, 0.3) is 0 Å². The highest BCUT2D eigenvalue weighted by Gasteiger charge is 2.52.